The zero-order valence-electron chi connectivity index (χ0n) is 15.1. The largest absolute Gasteiger partial charge is 0.471 e. The van der Waals surface area contributed by atoms with E-state index < -0.39 is 24.0 Å². The molecule has 2 heterocycles. The van der Waals surface area contributed by atoms with Crippen molar-refractivity contribution in [3.05, 3.63) is 0 Å². The molecule has 26 heavy (non-hydrogen) atoms. The quantitative estimate of drug-likeness (QED) is 0.699. The van der Waals surface area contributed by atoms with E-state index in [1.54, 1.807) is 4.90 Å². The minimum atomic E-state index is -4.97. The van der Waals surface area contributed by atoms with Crippen molar-refractivity contribution in [3.63, 3.8) is 0 Å². The summed E-state index contributed by atoms with van der Waals surface area (Å²) < 4.78 is 38.1. The molecule has 0 bridgehead atoms. The molecule has 1 atom stereocenters. The third-order valence-electron chi connectivity index (χ3n) is 4.76. The lowest BCUT2D eigenvalue weighted by atomic mass is 10.1. The van der Waals surface area contributed by atoms with Crippen molar-refractivity contribution in [2.45, 2.75) is 31.5 Å². The van der Waals surface area contributed by atoms with Gasteiger partial charge in [-0.1, -0.05) is 0 Å². The first-order chi connectivity index (χ1) is 12.1. The molecule has 2 rings (SSSR count). The SMILES string of the molecule is CN(C)CCC(=O)N1CCN(C(=O)C2CCCN2C(=O)C(F)(F)F)CC1. The number of halogens is 3. The second-order valence-corrected chi connectivity index (χ2v) is 6.91. The van der Waals surface area contributed by atoms with Crippen LogP contribution in [0.4, 0.5) is 13.2 Å². The molecule has 0 aromatic heterocycles. The molecular formula is C16H25F3N4O3. The van der Waals surface area contributed by atoms with Crippen LogP contribution < -0.4 is 0 Å². The van der Waals surface area contributed by atoms with Gasteiger partial charge in [0, 0.05) is 45.7 Å². The molecule has 2 aliphatic heterocycles. The fourth-order valence-corrected chi connectivity index (χ4v) is 3.29. The number of piperazine rings is 1. The van der Waals surface area contributed by atoms with E-state index >= 15 is 0 Å². The monoisotopic (exact) mass is 378 g/mol. The molecule has 2 saturated heterocycles. The molecular weight excluding hydrogens is 353 g/mol. The number of amides is 3. The summed E-state index contributed by atoms with van der Waals surface area (Å²) in [6, 6.07) is -1.06. The van der Waals surface area contributed by atoms with Crippen molar-refractivity contribution < 1.29 is 27.6 Å². The fraction of sp³-hybridized carbons (Fsp3) is 0.812. The smallest absolute Gasteiger partial charge is 0.339 e. The summed E-state index contributed by atoms with van der Waals surface area (Å²) in [6.07, 6.45) is -3.97. The molecule has 0 aromatic rings. The van der Waals surface area contributed by atoms with Crippen molar-refractivity contribution in [3.8, 4) is 0 Å². The van der Waals surface area contributed by atoms with Crippen molar-refractivity contribution in [2.24, 2.45) is 0 Å². The van der Waals surface area contributed by atoms with Gasteiger partial charge in [-0.2, -0.15) is 13.2 Å². The maximum absolute atomic E-state index is 12.7. The molecule has 148 valence electrons. The zero-order valence-corrected chi connectivity index (χ0v) is 15.1. The van der Waals surface area contributed by atoms with Gasteiger partial charge >= 0.3 is 12.1 Å². The summed E-state index contributed by atoms with van der Waals surface area (Å²) in [5.74, 6) is -2.41. The minimum absolute atomic E-state index is 0.000501. The van der Waals surface area contributed by atoms with Crippen LogP contribution in [0.25, 0.3) is 0 Å². The first-order valence-corrected chi connectivity index (χ1v) is 8.70. The molecule has 2 fully saturated rings. The van der Waals surface area contributed by atoms with Gasteiger partial charge in [-0.05, 0) is 26.9 Å². The lowest BCUT2D eigenvalue weighted by molar-refractivity contribution is -0.187. The van der Waals surface area contributed by atoms with Crippen molar-refractivity contribution in [1.82, 2.24) is 19.6 Å². The summed E-state index contributed by atoms with van der Waals surface area (Å²) in [7, 11) is 3.75. The van der Waals surface area contributed by atoms with E-state index in [2.05, 4.69) is 0 Å². The van der Waals surface area contributed by atoms with Crippen LogP contribution in [0.5, 0.6) is 0 Å². The standard InChI is InChI=1S/C16H25F3N4O3/c1-20(2)7-5-13(24)21-8-10-22(11-9-21)14(25)12-4-3-6-23(12)15(26)16(17,18)19/h12H,3-11H2,1-2H3. The molecule has 0 spiro atoms. The van der Waals surface area contributed by atoms with Crippen LogP contribution in [0, 0.1) is 0 Å². The first kappa shape index (κ1) is 20.5. The van der Waals surface area contributed by atoms with E-state index in [-0.39, 0.29) is 32.0 Å². The van der Waals surface area contributed by atoms with E-state index in [4.69, 9.17) is 0 Å². The Balaban J connectivity index is 1.89. The topological polar surface area (TPSA) is 64.2 Å². The third-order valence-corrected chi connectivity index (χ3v) is 4.76. The summed E-state index contributed by atoms with van der Waals surface area (Å²) >= 11 is 0. The average Bonchev–Trinajstić information content (AvgIpc) is 3.07. The Bertz CT molecular complexity index is 545. The van der Waals surface area contributed by atoms with Gasteiger partial charge in [0.25, 0.3) is 0 Å². The number of rotatable bonds is 4. The second-order valence-electron chi connectivity index (χ2n) is 6.91. The number of hydrogen-bond donors (Lipinski definition) is 0. The van der Waals surface area contributed by atoms with Crippen molar-refractivity contribution in [1.29, 1.82) is 0 Å². The Labute approximate surface area is 150 Å². The van der Waals surface area contributed by atoms with Gasteiger partial charge < -0.3 is 19.6 Å². The molecule has 7 nitrogen and oxygen atoms in total. The fourth-order valence-electron chi connectivity index (χ4n) is 3.29. The van der Waals surface area contributed by atoms with Crippen LogP contribution >= 0.6 is 0 Å². The zero-order chi connectivity index (χ0) is 19.5. The Kier molecular flexibility index (Phi) is 6.48. The van der Waals surface area contributed by atoms with Gasteiger partial charge in [0.05, 0.1) is 0 Å². The normalized spacial score (nSPS) is 21.5. The molecule has 0 aromatic carbocycles. The van der Waals surface area contributed by atoms with Crippen LogP contribution in [0.2, 0.25) is 0 Å². The highest BCUT2D eigenvalue weighted by Gasteiger charge is 2.48. The molecule has 0 saturated carbocycles. The van der Waals surface area contributed by atoms with E-state index in [1.165, 1.54) is 4.90 Å². The van der Waals surface area contributed by atoms with E-state index in [0.717, 1.165) is 0 Å². The molecule has 3 amide bonds. The van der Waals surface area contributed by atoms with Crippen LogP contribution in [0.1, 0.15) is 19.3 Å². The van der Waals surface area contributed by atoms with Gasteiger partial charge in [0.15, 0.2) is 0 Å². The Morgan fingerprint density at radius 2 is 1.58 bits per heavy atom. The van der Waals surface area contributed by atoms with Gasteiger partial charge in [0.2, 0.25) is 11.8 Å². The van der Waals surface area contributed by atoms with Gasteiger partial charge in [-0.25, -0.2) is 0 Å². The summed E-state index contributed by atoms with van der Waals surface area (Å²) in [5, 5.41) is 0. The second kappa shape index (κ2) is 8.24. The molecule has 1 unspecified atom stereocenters. The average molecular weight is 378 g/mol. The predicted octanol–water partition coefficient (Wildman–Crippen LogP) is 0.162. The van der Waals surface area contributed by atoms with Crippen LogP contribution in [-0.2, 0) is 14.4 Å². The Morgan fingerprint density at radius 1 is 1.00 bits per heavy atom. The molecule has 10 heteroatoms. The van der Waals surface area contributed by atoms with Gasteiger partial charge in [-0.3, -0.25) is 14.4 Å². The molecule has 0 N–H and O–H groups in total. The third kappa shape index (κ3) is 4.87. The summed E-state index contributed by atoms with van der Waals surface area (Å²) in [5.41, 5.74) is 0. The Hall–Kier alpha value is -1.84. The summed E-state index contributed by atoms with van der Waals surface area (Å²) in [6.45, 7) is 1.84. The van der Waals surface area contributed by atoms with Crippen LogP contribution in [-0.4, -0.2) is 103 Å². The number of alkyl halides is 3. The predicted molar refractivity (Wildman–Crippen MR) is 87.1 cm³/mol. The number of carbonyl (C=O) groups excluding carboxylic acids is 3. The van der Waals surface area contributed by atoms with E-state index in [0.29, 0.717) is 37.4 Å². The van der Waals surface area contributed by atoms with E-state index in [9.17, 15) is 27.6 Å². The van der Waals surface area contributed by atoms with Gasteiger partial charge in [0.1, 0.15) is 6.04 Å². The minimum Gasteiger partial charge on any atom is -0.339 e. The van der Waals surface area contributed by atoms with Crippen molar-refractivity contribution in [2.75, 3.05) is 53.4 Å². The Morgan fingerprint density at radius 3 is 2.12 bits per heavy atom. The summed E-state index contributed by atoms with van der Waals surface area (Å²) in [4.78, 5) is 41.9. The highest BCUT2D eigenvalue weighted by Crippen LogP contribution is 2.27. The highest BCUT2D eigenvalue weighted by atomic mass is 19.4. The number of likely N-dealkylation sites (tertiary alicyclic amines) is 1. The van der Waals surface area contributed by atoms with Crippen LogP contribution in [0.15, 0.2) is 0 Å². The van der Waals surface area contributed by atoms with Crippen molar-refractivity contribution >= 4 is 17.7 Å². The maximum Gasteiger partial charge on any atom is 0.471 e. The highest BCUT2D eigenvalue weighted by molar-refractivity contribution is 5.90. The lowest BCUT2D eigenvalue weighted by Gasteiger charge is -2.37. The molecule has 0 aliphatic carbocycles. The van der Waals surface area contributed by atoms with Gasteiger partial charge in [-0.15, -0.1) is 0 Å². The van der Waals surface area contributed by atoms with Crippen LogP contribution in [0.3, 0.4) is 0 Å². The number of hydrogen-bond acceptors (Lipinski definition) is 4. The number of carbonyl (C=O) groups is 3. The molecule has 0 radical (unpaired) electrons. The number of nitrogens with zero attached hydrogens (tertiary/aromatic N) is 4. The lowest BCUT2D eigenvalue weighted by Crippen LogP contribution is -2.56. The first-order valence-electron chi connectivity index (χ1n) is 8.70. The molecule has 2 aliphatic rings. The van der Waals surface area contributed by atoms with E-state index in [1.807, 2.05) is 19.0 Å². The maximum atomic E-state index is 12.7.